The maximum atomic E-state index is 5.61. The van der Waals surface area contributed by atoms with E-state index in [-0.39, 0.29) is 0 Å². The van der Waals surface area contributed by atoms with Crippen LogP contribution in [-0.4, -0.2) is 11.7 Å². The largest absolute Gasteiger partial charge is 0.376 e. The summed E-state index contributed by atoms with van der Waals surface area (Å²) in [5, 5.41) is 0.428. The molecule has 0 spiro atoms. The Morgan fingerprint density at radius 1 is 1.38 bits per heavy atom. The zero-order valence-electron chi connectivity index (χ0n) is 7.10. The maximum absolute atomic E-state index is 5.61. The molecule has 2 nitrogen and oxygen atoms in total. The average molecular weight is 190 g/mol. The van der Waals surface area contributed by atoms with E-state index in [4.69, 9.17) is 18.0 Å². The molecule has 0 saturated heterocycles. The summed E-state index contributed by atoms with van der Waals surface area (Å²) in [4.78, 5) is 1.92. The quantitative estimate of drug-likeness (QED) is 0.632. The van der Waals surface area contributed by atoms with Crippen molar-refractivity contribution >= 4 is 29.1 Å². The van der Waals surface area contributed by atoms with Crippen LogP contribution in [-0.2, 0) is 0 Å². The second-order valence-corrected chi connectivity index (χ2v) is 3.33. The van der Waals surface area contributed by atoms with Crippen molar-refractivity contribution in [3.05, 3.63) is 35.9 Å². The van der Waals surface area contributed by atoms with E-state index in [1.54, 1.807) is 0 Å². The zero-order valence-corrected chi connectivity index (χ0v) is 7.92. The van der Waals surface area contributed by atoms with Gasteiger partial charge < -0.3 is 10.6 Å². The summed E-state index contributed by atoms with van der Waals surface area (Å²) in [6.07, 6.45) is 4.14. The fraction of sp³-hybridized carbons (Fsp3) is 0.100. The molecule has 0 radical (unpaired) electrons. The van der Waals surface area contributed by atoms with E-state index in [9.17, 15) is 0 Å². The lowest BCUT2D eigenvalue weighted by Crippen LogP contribution is -2.37. The maximum Gasteiger partial charge on any atom is 0.171 e. The highest BCUT2D eigenvalue weighted by Crippen LogP contribution is 2.24. The Kier molecular flexibility index (Phi) is 2.02. The monoisotopic (exact) mass is 190 g/mol. The molecule has 0 atom stereocenters. The lowest BCUT2D eigenvalue weighted by Gasteiger charge is -2.26. The van der Waals surface area contributed by atoms with Crippen LogP contribution in [0.1, 0.15) is 5.56 Å². The van der Waals surface area contributed by atoms with Gasteiger partial charge in [-0.15, -0.1) is 0 Å². The minimum atomic E-state index is 0.428. The van der Waals surface area contributed by atoms with Crippen LogP contribution >= 0.6 is 12.2 Å². The summed E-state index contributed by atoms with van der Waals surface area (Å²) in [5.41, 5.74) is 7.87. The van der Waals surface area contributed by atoms with Gasteiger partial charge in [-0.05, 0) is 23.8 Å². The van der Waals surface area contributed by atoms with Gasteiger partial charge in [-0.25, -0.2) is 0 Å². The number of benzene rings is 1. The van der Waals surface area contributed by atoms with Gasteiger partial charge in [0.15, 0.2) is 5.11 Å². The SMILES string of the molecule is NC(=S)N1CC=Cc2ccccc21. The van der Waals surface area contributed by atoms with Gasteiger partial charge in [0, 0.05) is 6.54 Å². The molecule has 0 amide bonds. The first-order valence-corrected chi connectivity index (χ1v) is 4.52. The molecule has 1 aromatic rings. The number of rotatable bonds is 0. The molecular formula is C10H10N2S. The normalized spacial score (nSPS) is 14.0. The van der Waals surface area contributed by atoms with E-state index in [0.29, 0.717) is 5.11 Å². The first-order chi connectivity index (χ1) is 6.29. The van der Waals surface area contributed by atoms with Crippen LogP contribution in [0.3, 0.4) is 0 Å². The van der Waals surface area contributed by atoms with Crippen molar-refractivity contribution in [2.75, 3.05) is 11.4 Å². The summed E-state index contributed by atoms with van der Waals surface area (Å²) in [7, 11) is 0. The van der Waals surface area contributed by atoms with Crippen molar-refractivity contribution < 1.29 is 0 Å². The average Bonchev–Trinajstić information content (AvgIpc) is 2.17. The fourth-order valence-corrected chi connectivity index (χ4v) is 1.64. The molecule has 3 heteroatoms. The predicted molar refractivity (Wildman–Crippen MR) is 59.6 cm³/mol. The highest BCUT2D eigenvalue weighted by atomic mass is 32.1. The second kappa shape index (κ2) is 3.18. The highest BCUT2D eigenvalue weighted by molar-refractivity contribution is 7.80. The van der Waals surface area contributed by atoms with E-state index in [0.717, 1.165) is 12.2 Å². The highest BCUT2D eigenvalue weighted by Gasteiger charge is 2.13. The number of fused-ring (bicyclic) bond motifs is 1. The predicted octanol–water partition coefficient (Wildman–Crippen LogP) is 1.76. The van der Waals surface area contributed by atoms with Gasteiger partial charge in [0.1, 0.15) is 0 Å². The van der Waals surface area contributed by atoms with Gasteiger partial charge in [0.05, 0.1) is 5.69 Å². The number of hydrogen-bond donors (Lipinski definition) is 1. The summed E-state index contributed by atoms with van der Waals surface area (Å²) in [6.45, 7) is 0.770. The Bertz CT molecular complexity index is 371. The van der Waals surface area contributed by atoms with Gasteiger partial charge in [-0.3, -0.25) is 0 Å². The summed E-state index contributed by atoms with van der Waals surface area (Å²) in [6, 6.07) is 8.07. The molecule has 2 N–H and O–H groups in total. The molecule has 0 fully saturated rings. The fourth-order valence-electron chi connectivity index (χ4n) is 1.47. The van der Waals surface area contributed by atoms with Gasteiger partial charge in [-0.2, -0.15) is 0 Å². The van der Waals surface area contributed by atoms with Gasteiger partial charge in [0.2, 0.25) is 0 Å². The molecule has 0 unspecified atom stereocenters. The van der Waals surface area contributed by atoms with Crippen molar-refractivity contribution in [2.24, 2.45) is 5.73 Å². The molecule has 0 aliphatic carbocycles. The van der Waals surface area contributed by atoms with E-state index in [1.807, 2.05) is 23.1 Å². The third-order valence-corrected chi connectivity index (χ3v) is 2.30. The summed E-state index contributed by atoms with van der Waals surface area (Å²) >= 11 is 4.96. The van der Waals surface area contributed by atoms with Crippen molar-refractivity contribution in [2.45, 2.75) is 0 Å². The van der Waals surface area contributed by atoms with E-state index < -0.39 is 0 Å². The van der Waals surface area contributed by atoms with Crippen LogP contribution in [0.15, 0.2) is 30.3 Å². The first kappa shape index (κ1) is 8.26. The third kappa shape index (κ3) is 1.42. The Morgan fingerprint density at radius 3 is 2.92 bits per heavy atom. The summed E-state index contributed by atoms with van der Waals surface area (Å²) < 4.78 is 0. The first-order valence-electron chi connectivity index (χ1n) is 4.11. The van der Waals surface area contributed by atoms with E-state index in [1.165, 1.54) is 5.56 Å². The van der Waals surface area contributed by atoms with E-state index in [2.05, 4.69) is 18.2 Å². The van der Waals surface area contributed by atoms with Crippen LogP contribution < -0.4 is 10.6 Å². The number of nitrogens with two attached hydrogens (primary N) is 1. The van der Waals surface area contributed by atoms with Crippen molar-refractivity contribution in [1.82, 2.24) is 0 Å². The molecular weight excluding hydrogens is 180 g/mol. The minimum Gasteiger partial charge on any atom is -0.376 e. The van der Waals surface area contributed by atoms with Crippen molar-refractivity contribution in [1.29, 1.82) is 0 Å². The Hall–Kier alpha value is -1.35. The van der Waals surface area contributed by atoms with Crippen LogP contribution in [0.4, 0.5) is 5.69 Å². The lowest BCUT2D eigenvalue weighted by atomic mass is 10.1. The molecule has 0 aromatic heterocycles. The number of hydrogen-bond acceptors (Lipinski definition) is 1. The van der Waals surface area contributed by atoms with Crippen molar-refractivity contribution in [3.63, 3.8) is 0 Å². The molecule has 1 heterocycles. The lowest BCUT2D eigenvalue weighted by molar-refractivity contribution is 1.13. The van der Waals surface area contributed by atoms with Gasteiger partial charge >= 0.3 is 0 Å². The molecule has 1 aromatic carbocycles. The van der Waals surface area contributed by atoms with Crippen LogP contribution in [0.25, 0.3) is 6.08 Å². The molecule has 0 saturated carbocycles. The smallest absolute Gasteiger partial charge is 0.171 e. The number of thiocarbonyl (C=S) groups is 1. The molecule has 13 heavy (non-hydrogen) atoms. The molecule has 2 rings (SSSR count). The molecule has 1 aliphatic rings. The zero-order chi connectivity index (χ0) is 9.26. The minimum absolute atomic E-state index is 0.428. The Labute approximate surface area is 82.7 Å². The number of anilines is 1. The second-order valence-electron chi connectivity index (χ2n) is 2.91. The standard InChI is InChI=1S/C10H10N2S/c11-10(13)12-7-3-5-8-4-1-2-6-9(8)12/h1-6H,7H2,(H2,11,13). The van der Waals surface area contributed by atoms with Gasteiger partial charge in [-0.1, -0.05) is 30.4 Å². The van der Waals surface area contributed by atoms with Crippen molar-refractivity contribution in [3.8, 4) is 0 Å². The topological polar surface area (TPSA) is 29.3 Å². The third-order valence-electron chi connectivity index (χ3n) is 2.08. The molecule has 1 aliphatic heterocycles. The Balaban J connectivity index is 2.49. The number of para-hydroxylation sites is 1. The van der Waals surface area contributed by atoms with Crippen LogP contribution in [0, 0.1) is 0 Å². The molecule has 0 bridgehead atoms. The van der Waals surface area contributed by atoms with Crippen LogP contribution in [0.2, 0.25) is 0 Å². The summed E-state index contributed by atoms with van der Waals surface area (Å²) in [5.74, 6) is 0. The van der Waals surface area contributed by atoms with Crippen LogP contribution in [0.5, 0.6) is 0 Å². The Morgan fingerprint density at radius 2 is 2.15 bits per heavy atom. The molecule has 66 valence electrons. The number of nitrogens with zero attached hydrogens (tertiary/aromatic N) is 1. The van der Waals surface area contributed by atoms with E-state index >= 15 is 0 Å². The van der Waals surface area contributed by atoms with Gasteiger partial charge in [0.25, 0.3) is 0 Å².